The summed E-state index contributed by atoms with van der Waals surface area (Å²) >= 11 is 7.81. The monoisotopic (exact) mass is 452 g/mol. The molecule has 0 radical (unpaired) electrons. The second-order valence-corrected chi connectivity index (χ2v) is 8.79. The summed E-state index contributed by atoms with van der Waals surface area (Å²) in [6.07, 6.45) is 2.00. The van der Waals surface area contributed by atoms with Gasteiger partial charge >= 0.3 is 0 Å². The molecule has 158 valence electrons. The van der Waals surface area contributed by atoms with Crippen LogP contribution in [-0.2, 0) is 10.5 Å². The average molecular weight is 453 g/mol. The van der Waals surface area contributed by atoms with Gasteiger partial charge in [0, 0.05) is 28.5 Å². The van der Waals surface area contributed by atoms with Crippen molar-refractivity contribution in [3.05, 3.63) is 80.5 Å². The first-order valence-corrected chi connectivity index (χ1v) is 11.3. The number of nitrogens with one attached hydrogen (secondary N) is 1. The summed E-state index contributed by atoms with van der Waals surface area (Å²) < 4.78 is 5.27. The number of ketones is 1. The number of nitrogens with zero attached hydrogens (tertiary/aromatic N) is 1. The quantitative estimate of drug-likeness (QED) is 0.630. The number of carbonyl (C=O) groups is 1. The summed E-state index contributed by atoms with van der Waals surface area (Å²) in [4.78, 5) is 12.9. The Morgan fingerprint density at radius 2 is 2.10 bits per heavy atom. The molecule has 0 amide bonds. The summed E-state index contributed by atoms with van der Waals surface area (Å²) in [5.41, 5.74) is 3.71. The molecule has 4 rings (SSSR count). The van der Waals surface area contributed by atoms with E-state index in [1.807, 2.05) is 24.3 Å². The number of halogens is 1. The average Bonchev–Trinajstić information content (AvgIpc) is 2.78. The number of Topliss-reactive ketones (excluding diaryl/α,β-unsaturated/α-hetero) is 1. The van der Waals surface area contributed by atoms with Crippen LogP contribution in [0.5, 0.6) is 11.5 Å². The fourth-order valence-corrected chi connectivity index (χ4v) is 5.36. The minimum Gasteiger partial charge on any atom is -0.504 e. The van der Waals surface area contributed by atoms with E-state index in [4.69, 9.17) is 16.3 Å². The van der Waals surface area contributed by atoms with E-state index >= 15 is 0 Å². The highest BCUT2D eigenvalue weighted by Gasteiger charge is 2.37. The van der Waals surface area contributed by atoms with Crippen molar-refractivity contribution in [2.24, 2.45) is 0 Å². The predicted octanol–water partition coefficient (Wildman–Crippen LogP) is 5.42. The van der Waals surface area contributed by atoms with Crippen molar-refractivity contribution in [1.82, 2.24) is 5.32 Å². The van der Waals surface area contributed by atoms with Gasteiger partial charge in [0.1, 0.15) is 0 Å². The molecule has 0 saturated carbocycles. The van der Waals surface area contributed by atoms with Gasteiger partial charge in [-0.05, 0) is 42.2 Å². The van der Waals surface area contributed by atoms with E-state index in [0.29, 0.717) is 34.1 Å². The molecule has 2 N–H and O–H groups in total. The Kier molecular flexibility index (Phi) is 6.26. The number of nitriles is 1. The van der Waals surface area contributed by atoms with Gasteiger partial charge in [-0.25, -0.2) is 0 Å². The maximum absolute atomic E-state index is 12.9. The van der Waals surface area contributed by atoms with Crippen LogP contribution in [0, 0.1) is 11.3 Å². The van der Waals surface area contributed by atoms with Crippen LogP contribution in [-0.4, -0.2) is 18.0 Å². The zero-order valence-corrected chi connectivity index (χ0v) is 18.5. The molecule has 0 aromatic heterocycles. The molecule has 1 atom stereocenters. The number of allylic oxidation sites excluding steroid dienone is 3. The standard InChI is InChI=1S/C24H21ClN2O3S/c1-30-21-11-14(9-10-19(21)28)22-16(12-26)24(27-18-7-4-8-20(29)23(18)22)31-13-15-5-2-3-6-17(15)25/h2-3,5-6,9-11,22,27-28H,4,7-8,13H2,1H3. The van der Waals surface area contributed by atoms with Crippen LogP contribution in [0.15, 0.2) is 64.3 Å². The number of phenolic OH excluding ortho intramolecular Hbond substituents is 1. The molecule has 1 aliphatic heterocycles. The maximum atomic E-state index is 12.9. The second-order valence-electron chi connectivity index (χ2n) is 7.39. The van der Waals surface area contributed by atoms with Crippen LogP contribution < -0.4 is 10.1 Å². The van der Waals surface area contributed by atoms with Crippen LogP contribution in [0.4, 0.5) is 0 Å². The molecule has 0 bridgehead atoms. The molecule has 1 aliphatic carbocycles. The molecule has 2 aromatic rings. The van der Waals surface area contributed by atoms with Gasteiger partial charge in [-0.1, -0.05) is 35.9 Å². The molecule has 1 unspecified atom stereocenters. The van der Waals surface area contributed by atoms with Crippen molar-refractivity contribution in [2.75, 3.05) is 7.11 Å². The van der Waals surface area contributed by atoms with Crippen molar-refractivity contribution in [3.8, 4) is 17.6 Å². The molecule has 0 fully saturated rings. The number of carbonyl (C=O) groups excluding carboxylic acids is 1. The van der Waals surface area contributed by atoms with E-state index in [9.17, 15) is 15.2 Å². The van der Waals surface area contributed by atoms with Crippen molar-refractivity contribution < 1.29 is 14.6 Å². The van der Waals surface area contributed by atoms with E-state index in [0.717, 1.165) is 34.7 Å². The molecule has 0 spiro atoms. The van der Waals surface area contributed by atoms with Gasteiger partial charge in [-0.15, -0.1) is 11.8 Å². The summed E-state index contributed by atoms with van der Waals surface area (Å²) in [6, 6.07) is 14.9. The fraction of sp³-hybridized carbons (Fsp3) is 0.250. The number of hydrogen-bond acceptors (Lipinski definition) is 6. The molecule has 5 nitrogen and oxygen atoms in total. The number of aromatic hydroxyl groups is 1. The third kappa shape index (κ3) is 4.16. The van der Waals surface area contributed by atoms with E-state index < -0.39 is 5.92 Å². The second kappa shape index (κ2) is 9.09. The normalized spacial score (nSPS) is 18.4. The highest BCUT2D eigenvalue weighted by molar-refractivity contribution is 8.02. The maximum Gasteiger partial charge on any atom is 0.161 e. The van der Waals surface area contributed by atoms with Gasteiger partial charge in [-0.2, -0.15) is 5.26 Å². The Hall–Kier alpha value is -2.88. The Labute approximate surface area is 190 Å². The van der Waals surface area contributed by atoms with Crippen LogP contribution in [0.1, 0.15) is 36.3 Å². The fourth-order valence-electron chi connectivity index (χ4n) is 4.01. The van der Waals surface area contributed by atoms with Crippen molar-refractivity contribution in [2.45, 2.75) is 30.9 Å². The van der Waals surface area contributed by atoms with E-state index in [-0.39, 0.29) is 11.5 Å². The smallest absolute Gasteiger partial charge is 0.161 e. The number of methoxy groups -OCH3 is 1. The minimum atomic E-state index is -0.503. The number of hydrogen-bond donors (Lipinski definition) is 2. The zero-order valence-electron chi connectivity index (χ0n) is 16.9. The van der Waals surface area contributed by atoms with E-state index in [1.165, 1.54) is 24.9 Å². The lowest BCUT2D eigenvalue weighted by molar-refractivity contribution is -0.116. The number of phenols is 1. The van der Waals surface area contributed by atoms with E-state index in [1.54, 1.807) is 12.1 Å². The number of ether oxygens (including phenoxy) is 1. The highest BCUT2D eigenvalue weighted by atomic mass is 35.5. The molecular weight excluding hydrogens is 432 g/mol. The number of thioether (sulfide) groups is 1. The lowest BCUT2D eigenvalue weighted by atomic mass is 9.77. The van der Waals surface area contributed by atoms with Gasteiger partial charge in [0.25, 0.3) is 0 Å². The number of rotatable bonds is 5. The van der Waals surface area contributed by atoms with Crippen LogP contribution in [0.25, 0.3) is 0 Å². The van der Waals surface area contributed by atoms with Crippen molar-refractivity contribution in [3.63, 3.8) is 0 Å². The Morgan fingerprint density at radius 3 is 2.84 bits per heavy atom. The molecular formula is C24H21ClN2O3S. The van der Waals surface area contributed by atoms with Crippen LogP contribution >= 0.6 is 23.4 Å². The zero-order chi connectivity index (χ0) is 22.0. The predicted molar refractivity (Wildman–Crippen MR) is 122 cm³/mol. The first-order chi connectivity index (χ1) is 15.0. The molecule has 2 aliphatic rings. The first kappa shape index (κ1) is 21.4. The molecule has 31 heavy (non-hydrogen) atoms. The SMILES string of the molecule is COc1cc(C2C(C#N)=C(SCc3ccccc3Cl)NC3=C2C(=O)CCC3)ccc1O. The van der Waals surface area contributed by atoms with Crippen molar-refractivity contribution >= 4 is 29.1 Å². The Balaban J connectivity index is 1.78. The van der Waals surface area contributed by atoms with Crippen LogP contribution in [0.3, 0.4) is 0 Å². The number of dihydropyridines is 1. The Bertz CT molecular complexity index is 1150. The lowest BCUT2D eigenvalue weighted by Gasteiger charge is -2.33. The summed E-state index contributed by atoms with van der Waals surface area (Å²) in [5, 5.41) is 24.9. The summed E-state index contributed by atoms with van der Waals surface area (Å²) in [7, 11) is 1.48. The number of benzene rings is 2. The molecule has 7 heteroatoms. The van der Waals surface area contributed by atoms with E-state index in [2.05, 4.69) is 11.4 Å². The van der Waals surface area contributed by atoms with Crippen LogP contribution in [0.2, 0.25) is 5.02 Å². The van der Waals surface area contributed by atoms with Gasteiger partial charge in [-0.3, -0.25) is 4.79 Å². The third-order valence-electron chi connectivity index (χ3n) is 5.53. The molecule has 1 heterocycles. The topological polar surface area (TPSA) is 82.3 Å². The minimum absolute atomic E-state index is 0.0140. The lowest BCUT2D eigenvalue weighted by Crippen LogP contribution is -2.31. The Morgan fingerprint density at radius 1 is 1.29 bits per heavy atom. The third-order valence-corrected chi connectivity index (χ3v) is 6.96. The first-order valence-electron chi connectivity index (χ1n) is 9.94. The summed E-state index contributed by atoms with van der Waals surface area (Å²) in [6.45, 7) is 0. The van der Waals surface area contributed by atoms with Gasteiger partial charge in [0.2, 0.25) is 0 Å². The van der Waals surface area contributed by atoms with Gasteiger partial charge in [0.15, 0.2) is 17.3 Å². The largest absolute Gasteiger partial charge is 0.504 e. The van der Waals surface area contributed by atoms with Crippen molar-refractivity contribution in [1.29, 1.82) is 5.26 Å². The van der Waals surface area contributed by atoms with Gasteiger partial charge < -0.3 is 15.2 Å². The highest BCUT2D eigenvalue weighted by Crippen LogP contribution is 2.46. The van der Waals surface area contributed by atoms with Gasteiger partial charge in [0.05, 0.1) is 29.7 Å². The summed E-state index contributed by atoms with van der Waals surface area (Å²) in [5.74, 6) is 0.463. The molecule has 2 aromatic carbocycles. The molecule has 0 saturated heterocycles.